The van der Waals surface area contributed by atoms with E-state index in [9.17, 15) is 0 Å². The molecule has 11 heavy (non-hydrogen) atoms. The minimum absolute atomic E-state index is 1.13. The summed E-state index contributed by atoms with van der Waals surface area (Å²) in [7, 11) is 0. The molecule has 0 aliphatic heterocycles. The summed E-state index contributed by atoms with van der Waals surface area (Å²) >= 11 is 1.69. The third kappa shape index (κ3) is 1.33. The lowest BCUT2D eigenvalue weighted by Gasteiger charge is -1.91. The van der Waals surface area contributed by atoms with Crippen molar-refractivity contribution in [2.45, 2.75) is 0 Å². The van der Waals surface area contributed by atoms with E-state index in [-0.39, 0.29) is 0 Å². The van der Waals surface area contributed by atoms with E-state index in [0.717, 1.165) is 10.4 Å². The van der Waals surface area contributed by atoms with Crippen LogP contribution in [-0.2, 0) is 0 Å². The molecule has 52 valence electrons. The molecular formula is C10H6S. The fourth-order valence-electron chi connectivity index (χ4n) is 0.922. The first kappa shape index (κ1) is 6.62. The van der Waals surface area contributed by atoms with Crippen LogP contribution in [0.4, 0.5) is 0 Å². The Labute approximate surface area is 70.1 Å². The third-order valence-corrected chi connectivity index (χ3v) is 2.27. The average Bonchev–Trinajstić information content (AvgIpc) is 2.58. The first-order valence-corrected chi connectivity index (χ1v) is 4.27. The van der Waals surface area contributed by atoms with E-state index in [0.29, 0.717) is 0 Å². The molecule has 0 saturated carbocycles. The molecule has 0 amide bonds. The van der Waals surface area contributed by atoms with Gasteiger partial charge in [0.2, 0.25) is 0 Å². The molecule has 0 aliphatic carbocycles. The van der Waals surface area contributed by atoms with Gasteiger partial charge in [-0.05, 0) is 17.5 Å². The van der Waals surface area contributed by atoms with Gasteiger partial charge in [-0.25, -0.2) is 0 Å². The van der Waals surface area contributed by atoms with Crippen LogP contribution in [0.1, 0.15) is 0 Å². The van der Waals surface area contributed by atoms with Gasteiger partial charge in [0.1, 0.15) is 0 Å². The summed E-state index contributed by atoms with van der Waals surface area (Å²) in [6, 6.07) is 16.2. The summed E-state index contributed by atoms with van der Waals surface area (Å²) in [4.78, 5) is 1.16. The number of hydrogen-bond acceptors (Lipinski definition) is 1. The largest absolute Gasteiger partial charge is 0.143 e. The molecule has 0 bridgehead atoms. The van der Waals surface area contributed by atoms with Gasteiger partial charge in [0, 0.05) is 16.5 Å². The molecule has 0 nitrogen and oxygen atoms in total. The average molecular weight is 158 g/mol. The summed E-state index contributed by atoms with van der Waals surface area (Å²) in [5.74, 6) is 0. The van der Waals surface area contributed by atoms with Gasteiger partial charge in [0.15, 0.2) is 0 Å². The Morgan fingerprint density at radius 3 is 2.73 bits per heavy atom. The van der Waals surface area contributed by atoms with Crippen LogP contribution in [0.3, 0.4) is 0 Å². The maximum atomic E-state index is 3.15. The lowest BCUT2D eigenvalue weighted by molar-refractivity contribution is 1.68. The summed E-state index contributed by atoms with van der Waals surface area (Å²) in [5, 5.41) is 2.02. The van der Waals surface area contributed by atoms with Crippen molar-refractivity contribution in [1.82, 2.24) is 0 Å². The zero-order valence-corrected chi connectivity index (χ0v) is 6.69. The number of rotatable bonds is 1. The van der Waals surface area contributed by atoms with Crippen LogP contribution in [0, 0.1) is 12.1 Å². The predicted octanol–water partition coefficient (Wildman–Crippen LogP) is 3.02. The first-order chi connectivity index (χ1) is 5.47. The SMILES string of the molecule is [c]1ccccc1-c1[c]ccs1. The fraction of sp³-hybridized carbons (Fsp3) is 0. The minimum Gasteiger partial charge on any atom is -0.143 e. The molecule has 1 heteroatoms. The van der Waals surface area contributed by atoms with Gasteiger partial charge in [-0.1, -0.05) is 24.3 Å². The normalized spacial score (nSPS) is 9.82. The second-order valence-corrected chi connectivity index (χ2v) is 3.09. The lowest BCUT2D eigenvalue weighted by Crippen LogP contribution is -1.68. The smallest absolute Gasteiger partial charge is 0.0427 e. The molecule has 1 aromatic heterocycles. The van der Waals surface area contributed by atoms with Crippen LogP contribution in [0.25, 0.3) is 10.4 Å². The zero-order valence-electron chi connectivity index (χ0n) is 5.87. The van der Waals surface area contributed by atoms with Gasteiger partial charge in [-0.2, -0.15) is 0 Å². The summed E-state index contributed by atoms with van der Waals surface area (Å²) in [6.07, 6.45) is 0. The number of benzene rings is 1. The van der Waals surface area contributed by atoms with E-state index >= 15 is 0 Å². The van der Waals surface area contributed by atoms with Gasteiger partial charge in [-0.15, -0.1) is 11.3 Å². The van der Waals surface area contributed by atoms with Crippen molar-refractivity contribution in [3.8, 4) is 10.4 Å². The first-order valence-electron chi connectivity index (χ1n) is 3.39. The summed E-state index contributed by atoms with van der Waals surface area (Å²) in [6.45, 7) is 0. The second-order valence-electron chi connectivity index (χ2n) is 2.17. The standard InChI is InChI=1S/C10H6S/c1-2-5-9(6-3-1)10-7-4-8-11-10/h1-5,8H. The molecular weight excluding hydrogens is 152 g/mol. The van der Waals surface area contributed by atoms with Crippen molar-refractivity contribution >= 4 is 11.3 Å². The number of thiophene rings is 1. The number of hydrogen-bond donors (Lipinski definition) is 0. The maximum absolute atomic E-state index is 3.15. The van der Waals surface area contributed by atoms with Crippen molar-refractivity contribution in [1.29, 1.82) is 0 Å². The van der Waals surface area contributed by atoms with Crippen molar-refractivity contribution in [2.24, 2.45) is 0 Å². The maximum Gasteiger partial charge on any atom is 0.0427 e. The Kier molecular flexibility index (Phi) is 1.74. The van der Waals surface area contributed by atoms with E-state index in [1.807, 2.05) is 35.7 Å². The third-order valence-electron chi connectivity index (χ3n) is 1.42. The lowest BCUT2D eigenvalue weighted by atomic mass is 10.2. The monoisotopic (exact) mass is 158 g/mol. The van der Waals surface area contributed by atoms with Gasteiger partial charge < -0.3 is 0 Å². The quantitative estimate of drug-likeness (QED) is 0.598. The molecule has 0 unspecified atom stereocenters. The van der Waals surface area contributed by atoms with E-state index in [1.165, 1.54) is 0 Å². The van der Waals surface area contributed by atoms with Crippen LogP contribution in [0.2, 0.25) is 0 Å². The molecule has 2 radical (unpaired) electrons. The van der Waals surface area contributed by atoms with E-state index in [4.69, 9.17) is 0 Å². The van der Waals surface area contributed by atoms with Crippen molar-refractivity contribution in [3.63, 3.8) is 0 Å². The van der Waals surface area contributed by atoms with Crippen molar-refractivity contribution < 1.29 is 0 Å². The van der Waals surface area contributed by atoms with Crippen LogP contribution >= 0.6 is 11.3 Å². The Morgan fingerprint density at radius 1 is 1.09 bits per heavy atom. The molecule has 2 rings (SSSR count). The van der Waals surface area contributed by atoms with Crippen molar-refractivity contribution in [2.75, 3.05) is 0 Å². The molecule has 0 saturated heterocycles. The van der Waals surface area contributed by atoms with Gasteiger partial charge >= 0.3 is 0 Å². The zero-order chi connectivity index (χ0) is 7.52. The van der Waals surface area contributed by atoms with Crippen molar-refractivity contribution in [3.05, 3.63) is 47.8 Å². The molecule has 0 N–H and O–H groups in total. The highest BCUT2D eigenvalue weighted by molar-refractivity contribution is 7.13. The van der Waals surface area contributed by atoms with Gasteiger partial charge in [-0.3, -0.25) is 0 Å². The highest BCUT2D eigenvalue weighted by atomic mass is 32.1. The van der Waals surface area contributed by atoms with Crippen LogP contribution < -0.4 is 0 Å². The van der Waals surface area contributed by atoms with E-state index in [2.05, 4.69) is 12.1 Å². The molecule has 0 fully saturated rings. The Morgan fingerprint density at radius 2 is 2.09 bits per heavy atom. The predicted molar refractivity (Wildman–Crippen MR) is 47.4 cm³/mol. The van der Waals surface area contributed by atoms with E-state index in [1.54, 1.807) is 11.3 Å². The molecule has 2 aromatic rings. The molecule has 1 aromatic carbocycles. The highest BCUT2D eigenvalue weighted by Gasteiger charge is 1.95. The van der Waals surface area contributed by atoms with E-state index < -0.39 is 0 Å². The van der Waals surface area contributed by atoms with Gasteiger partial charge in [0.25, 0.3) is 0 Å². The second kappa shape index (κ2) is 2.89. The molecule has 1 heterocycles. The van der Waals surface area contributed by atoms with Crippen LogP contribution in [-0.4, -0.2) is 0 Å². The van der Waals surface area contributed by atoms with Crippen LogP contribution in [0.15, 0.2) is 35.7 Å². The molecule has 0 aliphatic rings. The molecule has 0 spiro atoms. The van der Waals surface area contributed by atoms with Crippen LogP contribution in [0.5, 0.6) is 0 Å². The van der Waals surface area contributed by atoms with Gasteiger partial charge in [0.05, 0.1) is 0 Å². The Hall–Kier alpha value is -1.08. The fourth-order valence-corrected chi connectivity index (χ4v) is 1.58. The molecule has 0 atom stereocenters. The minimum atomic E-state index is 1.13. The summed E-state index contributed by atoms with van der Waals surface area (Å²) < 4.78 is 0. The summed E-state index contributed by atoms with van der Waals surface area (Å²) in [5.41, 5.74) is 1.13. The Balaban J connectivity index is 2.46. The Bertz CT molecular complexity index is 308. The topological polar surface area (TPSA) is 0 Å². The highest BCUT2D eigenvalue weighted by Crippen LogP contribution is 2.22.